The van der Waals surface area contributed by atoms with Crippen LogP contribution >= 0.6 is 0 Å². The molecule has 2 heterocycles. The lowest BCUT2D eigenvalue weighted by Crippen LogP contribution is -2.39. The SMILES string of the molecule is CN(C)c1ccc(C(=O)N2CCC[C@@H]2COc2ccc(C(=O)N3CCCC3)cc2)cc1. The number of nitrogens with zero attached hydrogens (tertiary/aromatic N) is 3. The molecule has 2 aliphatic rings. The normalized spacial score (nSPS) is 18.3. The van der Waals surface area contributed by atoms with Crippen molar-refractivity contribution in [1.82, 2.24) is 9.80 Å². The summed E-state index contributed by atoms with van der Waals surface area (Å²) >= 11 is 0. The summed E-state index contributed by atoms with van der Waals surface area (Å²) in [5, 5.41) is 0. The zero-order chi connectivity index (χ0) is 21.8. The number of carbonyl (C=O) groups excluding carboxylic acids is 2. The molecule has 6 nitrogen and oxygen atoms in total. The summed E-state index contributed by atoms with van der Waals surface area (Å²) in [5.74, 6) is 0.882. The molecule has 2 saturated heterocycles. The fraction of sp³-hybridized carbons (Fsp3) is 0.440. The van der Waals surface area contributed by atoms with E-state index in [-0.39, 0.29) is 17.9 Å². The molecular weight excluding hydrogens is 390 g/mol. The van der Waals surface area contributed by atoms with Crippen LogP contribution in [0.4, 0.5) is 5.69 Å². The maximum absolute atomic E-state index is 13.0. The maximum atomic E-state index is 13.0. The fourth-order valence-corrected chi connectivity index (χ4v) is 4.33. The van der Waals surface area contributed by atoms with Gasteiger partial charge in [0.15, 0.2) is 0 Å². The lowest BCUT2D eigenvalue weighted by Gasteiger charge is -2.25. The van der Waals surface area contributed by atoms with E-state index >= 15 is 0 Å². The molecule has 2 aromatic rings. The molecule has 0 N–H and O–H groups in total. The van der Waals surface area contributed by atoms with E-state index < -0.39 is 0 Å². The van der Waals surface area contributed by atoms with Gasteiger partial charge in [-0.05, 0) is 74.2 Å². The topological polar surface area (TPSA) is 53.1 Å². The molecule has 0 unspecified atom stereocenters. The Hall–Kier alpha value is -3.02. The third-order valence-electron chi connectivity index (χ3n) is 6.21. The number of ether oxygens (including phenoxy) is 1. The van der Waals surface area contributed by atoms with Crippen molar-refractivity contribution < 1.29 is 14.3 Å². The zero-order valence-electron chi connectivity index (χ0n) is 18.4. The molecule has 2 fully saturated rings. The van der Waals surface area contributed by atoms with Gasteiger partial charge in [-0.2, -0.15) is 0 Å². The monoisotopic (exact) mass is 421 g/mol. The van der Waals surface area contributed by atoms with Crippen LogP contribution in [0.15, 0.2) is 48.5 Å². The van der Waals surface area contributed by atoms with Gasteiger partial charge in [0.25, 0.3) is 11.8 Å². The highest BCUT2D eigenvalue weighted by Crippen LogP contribution is 2.23. The van der Waals surface area contributed by atoms with E-state index in [1.165, 1.54) is 0 Å². The minimum absolute atomic E-state index is 0.0583. The summed E-state index contributed by atoms with van der Waals surface area (Å²) in [7, 11) is 3.97. The molecule has 0 aromatic heterocycles. The minimum atomic E-state index is 0.0583. The van der Waals surface area contributed by atoms with Gasteiger partial charge in [0.05, 0.1) is 6.04 Å². The summed E-state index contributed by atoms with van der Waals surface area (Å²) in [6.45, 7) is 2.91. The summed E-state index contributed by atoms with van der Waals surface area (Å²) in [4.78, 5) is 31.3. The molecule has 0 aliphatic carbocycles. The molecule has 2 aliphatic heterocycles. The molecule has 0 bridgehead atoms. The van der Waals surface area contributed by atoms with Crippen LogP contribution in [-0.2, 0) is 0 Å². The Morgan fingerprint density at radius 1 is 0.871 bits per heavy atom. The van der Waals surface area contributed by atoms with Crippen LogP contribution in [0.5, 0.6) is 5.75 Å². The highest BCUT2D eigenvalue weighted by Gasteiger charge is 2.30. The van der Waals surface area contributed by atoms with Crippen LogP contribution in [0.2, 0.25) is 0 Å². The molecule has 0 spiro atoms. The van der Waals surface area contributed by atoms with Crippen molar-refractivity contribution in [3.8, 4) is 5.75 Å². The van der Waals surface area contributed by atoms with E-state index in [4.69, 9.17) is 4.74 Å². The average Bonchev–Trinajstić information content (AvgIpc) is 3.49. The van der Waals surface area contributed by atoms with Crippen LogP contribution in [0.3, 0.4) is 0 Å². The zero-order valence-corrected chi connectivity index (χ0v) is 18.4. The van der Waals surface area contributed by atoms with Crippen LogP contribution in [-0.4, -0.2) is 68.0 Å². The van der Waals surface area contributed by atoms with E-state index in [1.54, 1.807) is 0 Å². The molecular formula is C25H31N3O3. The number of likely N-dealkylation sites (tertiary alicyclic amines) is 2. The Kier molecular flexibility index (Phi) is 6.44. The molecule has 31 heavy (non-hydrogen) atoms. The van der Waals surface area contributed by atoms with Gasteiger partial charge < -0.3 is 19.4 Å². The number of carbonyl (C=O) groups is 2. The molecule has 4 rings (SSSR count). The van der Waals surface area contributed by atoms with Gasteiger partial charge in [-0.15, -0.1) is 0 Å². The predicted octanol–water partition coefficient (Wildman–Crippen LogP) is 3.67. The lowest BCUT2D eigenvalue weighted by molar-refractivity contribution is 0.0690. The first kappa shape index (κ1) is 21.2. The van der Waals surface area contributed by atoms with Gasteiger partial charge in [0.1, 0.15) is 12.4 Å². The first-order chi connectivity index (χ1) is 15.0. The molecule has 0 saturated carbocycles. The fourth-order valence-electron chi connectivity index (χ4n) is 4.33. The Labute approximate surface area is 184 Å². The number of anilines is 1. The number of hydrogen-bond acceptors (Lipinski definition) is 4. The summed E-state index contributed by atoms with van der Waals surface area (Å²) in [6.07, 6.45) is 4.10. The van der Waals surface area contributed by atoms with Crippen molar-refractivity contribution >= 4 is 17.5 Å². The van der Waals surface area contributed by atoms with Crippen molar-refractivity contribution in [2.45, 2.75) is 31.7 Å². The number of amides is 2. The first-order valence-electron chi connectivity index (χ1n) is 11.1. The number of benzene rings is 2. The summed E-state index contributed by atoms with van der Waals surface area (Å²) in [6, 6.07) is 15.2. The van der Waals surface area contributed by atoms with Crippen molar-refractivity contribution in [2.24, 2.45) is 0 Å². The van der Waals surface area contributed by atoms with Crippen molar-refractivity contribution in [1.29, 1.82) is 0 Å². The lowest BCUT2D eigenvalue weighted by atomic mass is 10.1. The van der Waals surface area contributed by atoms with Gasteiger partial charge in [-0.3, -0.25) is 9.59 Å². The standard InChI is InChI=1S/C25H31N3O3/c1-26(2)21-11-7-20(8-12-21)25(30)28-17-5-6-22(28)18-31-23-13-9-19(10-14-23)24(29)27-15-3-4-16-27/h7-14,22H,3-6,15-18H2,1-2H3/t22-/m1/s1. The first-order valence-corrected chi connectivity index (χ1v) is 11.1. The second-order valence-corrected chi connectivity index (χ2v) is 8.57. The Morgan fingerprint density at radius 3 is 2.13 bits per heavy atom. The second kappa shape index (κ2) is 9.41. The molecule has 164 valence electrons. The molecule has 2 amide bonds. The number of hydrogen-bond donors (Lipinski definition) is 0. The Balaban J connectivity index is 1.34. The van der Waals surface area contributed by atoms with E-state index in [0.29, 0.717) is 17.7 Å². The quantitative estimate of drug-likeness (QED) is 0.714. The molecule has 6 heteroatoms. The van der Waals surface area contributed by atoms with Crippen molar-refractivity contribution in [2.75, 3.05) is 45.2 Å². The van der Waals surface area contributed by atoms with Gasteiger partial charge in [-0.25, -0.2) is 0 Å². The van der Waals surface area contributed by atoms with Crippen molar-refractivity contribution in [3.63, 3.8) is 0 Å². The Morgan fingerprint density at radius 2 is 1.48 bits per heavy atom. The van der Waals surface area contributed by atoms with E-state index in [2.05, 4.69) is 0 Å². The van der Waals surface area contributed by atoms with E-state index in [0.717, 1.165) is 56.8 Å². The van der Waals surface area contributed by atoms with E-state index in [9.17, 15) is 9.59 Å². The second-order valence-electron chi connectivity index (χ2n) is 8.57. The molecule has 1 atom stereocenters. The van der Waals surface area contributed by atoms with Gasteiger partial charge in [-0.1, -0.05) is 0 Å². The predicted molar refractivity (Wildman–Crippen MR) is 122 cm³/mol. The third-order valence-corrected chi connectivity index (χ3v) is 6.21. The molecule has 0 radical (unpaired) electrons. The van der Waals surface area contributed by atoms with Crippen LogP contribution in [0, 0.1) is 0 Å². The number of rotatable bonds is 6. The van der Waals surface area contributed by atoms with Gasteiger partial charge >= 0.3 is 0 Å². The highest BCUT2D eigenvalue weighted by molar-refractivity contribution is 5.95. The van der Waals surface area contributed by atoms with Gasteiger partial charge in [0, 0.05) is 50.5 Å². The van der Waals surface area contributed by atoms with Crippen molar-refractivity contribution in [3.05, 3.63) is 59.7 Å². The average molecular weight is 422 g/mol. The van der Waals surface area contributed by atoms with E-state index in [1.807, 2.05) is 77.3 Å². The largest absolute Gasteiger partial charge is 0.491 e. The van der Waals surface area contributed by atoms with Crippen LogP contribution < -0.4 is 9.64 Å². The minimum Gasteiger partial charge on any atom is -0.491 e. The summed E-state index contributed by atoms with van der Waals surface area (Å²) in [5.41, 5.74) is 2.49. The van der Waals surface area contributed by atoms with Crippen LogP contribution in [0.25, 0.3) is 0 Å². The smallest absolute Gasteiger partial charge is 0.254 e. The highest BCUT2D eigenvalue weighted by atomic mass is 16.5. The van der Waals surface area contributed by atoms with Gasteiger partial charge in [0.2, 0.25) is 0 Å². The summed E-state index contributed by atoms with van der Waals surface area (Å²) < 4.78 is 5.99. The van der Waals surface area contributed by atoms with Crippen LogP contribution in [0.1, 0.15) is 46.4 Å². The Bertz CT molecular complexity index is 903. The third kappa shape index (κ3) is 4.84. The molecule has 2 aromatic carbocycles. The maximum Gasteiger partial charge on any atom is 0.254 e.